The molecule has 0 bridgehead atoms. The molecule has 0 aliphatic carbocycles. The first-order valence-corrected chi connectivity index (χ1v) is 2.69. The Morgan fingerprint density at radius 3 is 2.83 bits per heavy atom. The molecule has 0 spiro atoms. The van der Waals surface area contributed by atoms with Gasteiger partial charge in [0.1, 0.15) is 6.04 Å². The second-order valence-corrected chi connectivity index (χ2v) is 1.56. The number of carbonyl (C=O) groups is 1. The maximum Gasteiger partial charge on any atom is 0.324 e. The molecule has 5 nitrogen and oxygen atoms in total. The first kappa shape index (κ1) is 6.71. The van der Waals surface area contributed by atoms with Crippen molar-refractivity contribution in [3.8, 4) is 0 Å². The predicted octanol–water partition coefficient (Wildman–Crippen LogP) is -0.691. The van der Waals surface area contributed by atoms with Gasteiger partial charge in [0.15, 0.2) is 0 Å². The van der Waals surface area contributed by atoms with Crippen LogP contribution in [0.4, 0.5) is 0 Å². The molecule has 72 valence electrons. The highest BCUT2D eigenvalue weighted by molar-refractivity contribution is 5.85. The van der Waals surface area contributed by atoms with Crippen molar-refractivity contribution >= 4 is 18.4 Å². The predicted molar refractivity (Wildman–Crippen MR) is 47.0 cm³/mol. The molecule has 12 heavy (non-hydrogen) atoms. The first-order valence-electron chi connectivity index (χ1n) is 4.69. The highest BCUT2D eigenvalue weighted by Crippen LogP contribution is 1.83. The van der Waals surface area contributed by atoms with Crippen molar-refractivity contribution in [2.45, 2.75) is 6.04 Å². The fourth-order valence-electron chi connectivity index (χ4n) is 0.274. The Morgan fingerprint density at radius 2 is 2.42 bits per heavy atom. The molecule has 5 N–H and O–H groups in total. The topological polar surface area (TPSA) is 98.6 Å². The molecule has 0 aromatic carbocycles. The molecule has 0 saturated heterocycles. The number of nitrogens with two attached hydrogens (primary N) is 2. The zero-order valence-electron chi connectivity index (χ0n) is 10.1. The molecule has 0 aliphatic heterocycles. The van der Waals surface area contributed by atoms with E-state index >= 15 is 0 Å². The van der Waals surface area contributed by atoms with E-state index < -0.39 is 25.1 Å². The van der Waals surface area contributed by atoms with Gasteiger partial charge in [-0.25, -0.2) is 0 Å². The quantitative estimate of drug-likeness (QED) is 0.511. The number of rotatable bonds is 5. The van der Waals surface area contributed by atoms with Gasteiger partial charge in [0.25, 0.3) is 0 Å². The van der Waals surface area contributed by atoms with Gasteiger partial charge in [0, 0.05) is 9.24 Å². The van der Waals surface area contributed by atoms with E-state index in [-0.39, 0.29) is 12.4 Å². The van der Waals surface area contributed by atoms with Crippen LogP contribution in [-0.2, 0) is 9.53 Å². The van der Waals surface area contributed by atoms with Crippen molar-refractivity contribution in [1.29, 1.82) is 0 Å². The monoisotopic (exact) mass is 200 g/mol. The number of carboxylic acid groups (broad SMARTS) is 1. The maximum absolute atomic E-state index is 10.2. The number of ether oxygens (including phenoxy) is 1. The normalized spacial score (nSPS) is 19.5. The Labute approximate surface area is 82.4 Å². The molecule has 0 aromatic heterocycles. The third kappa shape index (κ3) is 7.33. The third-order valence-electron chi connectivity index (χ3n) is 0.757. The molecule has 6 heteroatoms. The summed E-state index contributed by atoms with van der Waals surface area (Å²) >= 11 is 0. The van der Waals surface area contributed by atoms with E-state index in [2.05, 4.69) is 4.74 Å². The number of aliphatic carboxylic acids is 1. The van der Waals surface area contributed by atoms with Gasteiger partial charge in [-0.3, -0.25) is 4.79 Å². The van der Waals surface area contributed by atoms with E-state index in [1.807, 2.05) is 0 Å². The average Bonchev–Trinajstić information content (AvgIpc) is 2.01. The Hall–Kier alpha value is -0.780. The molecule has 0 heterocycles. The van der Waals surface area contributed by atoms with E-state index in [0.717, 1.165) is 6.08 Å². The van der Waals surface area contributed by atoms with Gasteiger partial charge in [0.2, 0.25) is 0 Å². The summed E-state index contributed by atoms with van der Waals surface area (Å²) in [6.07, 6.45) is 1.54. The third-order valence-corrected chi connectivity index (χ3v) is 0.757. The zero-order chi connectivity index (χ0) is 12.3. The second-order valence-electron chi connectivity index (χ2n) is 1.56. The molecule has 0 unspecified atom stereocenters. The number of carboxylic acids is 1. The Morgan fingerprint density at radius 1 is 1.83 bits per heavy atom. The summed E-state index contributed by atoms with van der Waals surface area (Å²) < 4.78 is 32.1. The van der Waals surface area contributed by atoms with Crippen LogP contribution in [0.1, 0.15) is 5.48 Å². The summed E-state index contributed by atoms with van der Waals surface area (Å²) in [6, 6.07) is -1.34. The van der Waals surface area contributed by atoms with Crippen molar-refractivity contribution in [2.24, 2.45) is 11.5 Å². The van der Waals surface area contributed by atoms with Crippen molar-refractivity contribution in [1.82, 2.24) is 0 Å². The fraction of sp³-hybridized carbons (Fsp3) is 0.500. The van der Waals surface area contributed by atoms with Gasteiger partial charge >= 0.3 is 5.97 Å². The van der Waals surface area contributed by atoms with Crippen LogP contribution in [-0.4, -0.2) is 30.2 Å². The molecule has 0 aromatic rings. The lowest BCUT2D eigenvalue weighted by molar-refractivity contribution is -0.137. The Bertz CT molecular complexity index is 269. The van der Waals surface area contributed by atoms with E-state index in [0.29, 0.717) is 6.26 Å². The molecule has 0 amide bonds. The smallest absolute Gasteiger partial charge is 0.324 e. The minimum atomic E-state index is -2.76. The van der Waals surface area contributed by atoms with Crippen LogP contribution < -0.4 is 11.5 Å². The average molecular weight is 201 g/mol. The van der Waals surface area contributed by atoms with Crippen molar-refractivity contribution in [2.75, 3.05) is 13.1 Å². The SMILES string of the molecule is Cl.[2H]C([2H])(N)C([2H])([2H])O/C=C/[C@H](N)C(=O)O. The summed E-state index contributed by atoms with van der Waals surface area (Å²) in [4.78, 5) is 10.2. The maximum atomic E-state index is 10.2. The molecular formula is C6H13ClN2O3. The van der Waals surface area contributed by atoms with E-state index in [1.54, 1.807) is 0 Å². The van der Waals surface area contributed by atoms with Crippen LogP contribution in [0.2, 0.25) is 0 Å². The summed E-state index contributed by atoms with van der Waals surface area (Å²) in [7, 11) is 0. The molecule has 0 fully saturated rings. The van der Waals surface area contributed by atoms with Gasteiger partial charge in [-0.15, -0.1) is 12.4 Å². The summed E-state index contributed by atoms with van der Waals surface area (Å²) in [6.45, 7) is -5.47. The van der Waals surface area contributed by atoms with E-state index in [1.165, 1.54) is 0 Å². The zero-order valence-corrected chi connectivity index (χ0v) is 6.88. The van der Waals surface area contributed by atoms with Crippen LogP contribution in [0.3, 0.4) is 0 Å². The minimum absolute atomic E-state index is 0. The van der Waals surface area contributed by atoms with Gasteiger partial charge in [-0.05, 0) is 6.08 Å². The van der Waals surface area contributed by atoms with Gasteiger partial charge in [0.05, 0.1) is 15.6 Å². The Kier molecular flexibility index (Phi) is 4.65. The van der Waals surface area contributed by atoms with Crippen LogP contribution in [0.5, 0.6) is 0 Å². The molecule has 0 saturated carbocycles. The number of hydrogen-bond donors (Lipinski definition) is 3. The summed E-state index contributed by atoms with van der Waals surface area (Å²) in [5.74, 6) is -1.31. The lowest BCUT2D eigenvalue weighted by atomic mass is 10.3. The second kappa shape index (κ2) is 8.32. The van der Waals surface area contributed by atoms with Crippen LogP contribution >= 0.6 is 12.4 Å². The van der Waals surface area contributed by atoms with Gasteiger partial charge in [-0.2, -0.15) is 0 Å². The summed E-state index contributed by atoms with van der Waals surface area (Å²) in [5.41, 5.74) is 9.88. The standard InChI is InChI=1S/C6H12N2O3.ClH/c7-2-4-11-3-1-5(8)6(9)10;/h1,3,5H,2,4,7-8H2,(H,9,10);1H/b3-1+;/t5-;/m0./s1/i2D2,4D2;. The van der Waals surface area contributed by atoms with Crippen LogP contribution in [0, 0.1) is 0 Å². The van der Waals surface area contributed by atoms with Crippen molar-refractivity contribution in [3.63, 3.8) is 0 Å². The van der Waals surface area contributed by atoms with Crippen molar-refractivity contribution in [3.05, 3.63) is 12.3 Å². The molecule has 0 rings (SSSR count). The van der Waals surface area contributed by atoms with E-state index in [9.17, 15) is 4.79 Å². The van der Waals surface area contributed by atoms with E-state index in [4.69, 9.17) is 22.1 Å². The van der Waals surface area contributed by atoms with Gasteiger partial charge < -0.3 is 21.3 Å². The Balaban J connectivity index is 0. The van der Waals surface area contributed by atoms with Gasteiger partial charge in [-0.1, -0.05) is 0 Å². The highest BCUT2D eigenvalue weighted by Gasteiger charge is 2.05. The number of halogens is 1. The van der Waals surface area contributed by atoms with Crippen molar-refractivity contribution < 1.29 is 20.1 Å². The lowest BCUT2D eigenvalue weighted by Gasteiger charge is -1.98. The van der Waals surface area contributed by atoms with Crippen LogP contribution in [0.15, 0.2) is 12.3 Å². The highest BCUT2D eigenvalue weighted by atomic mass is 35.5. The molecule has 1 atom stereocenters. The number of hydrogen-bond acceptors (Lipinski definition) is 4. The van der Waals surface area contributed by atoms with Crippen LogP contribution in [0.25, 0.3) is 0 Å². The molecular weight excluding hydrogens is 184 g/mol. The molecule has 0 aliphatic rings. The lowest BCUT2D eigenvalue weighted by Crippen LogP contribution is -2.27. The first-order chi connectivity index (χ1) is 6.58. The minimum Gasteiger partial charge on any atom is -0.500 e. The molecule has 0 radical (unpaired) electrons. The fourth-order valence-corrected chi connectivity index (χ4v) is 0.274. The largest absolute Gasteiger partial charge is 0.500 e. The summed E-state index contributed by atoms with van der Waals surface area (Å²) in [5, 5.41) is 8.35.